The average molecular weight is 640 g/mol. The van der Waals surface area contributed by atoms with Gasteiger partial charge in [-0.3, -0.25) is 4.90 Å². The molecule has 2 aromatic heterocycles. The van der Waals surface area contributed by atoms with Gasteiger partial charge in [0.15, 0.2) is 0 Å². The van der Waals surface area contributed by atoms with Crippen molar-refractivity contribution in [2.75, 3.05) is 9.80 Å². The van der Waals surface area contributed by atoms with Crippen molar-refractivity contribution in [3.63, 3.8) is 0 Å². The van der Waals surface area contributed by atoms with Gasteiger partial charge in [0.05, 0.1) is 17.7 Å². The molecule has 242 valence electrons. The van der Waals surface area contributed by atoms with Crippen LogP contribution in [0.4, 0.5) is 34.3 Å². The van der Waals surface area contributed by atoms with Crippen LogP contribution in [0, 0.1) is 0 Å². The lowest BCUT2D eigenvalue weighted by molar-refractivity contribution is 0.805. The molecule has 0 N–H and O–H groups in total. The Balaban J connectivity index is 1.31. The molecule has 0 spiro atoms. The molecule has 0 atom stereocenters. The third-order valence-electron chi connectivity index (χ3n) is 8.84. The van der Waals surface area contributed by atoms with Gasteiger partial charge in [0.1, 0.15) is 5.82 Å². The molecular weight excluding hydrogens is 599 g/mol. The topological polar surface area (TPSA) is 37.2 Å². The molecule has 0 saturated carbocycles. The molecule has 0 amide bonds. The van der Waals surface area contributed by atoms with Gasteiger partial charge in [-0.1, -0.05) is 107 Å². The Morgan fingerprint density at radius 3 is 1.63 bits per heavy atom. The molecule has 0 radical (unpaired) electrons. The van der Waals surface area contributed by atoms with Crippen molar-refractivity contribution in [3.05, 3.63) is 175 Å². The highest BCUT2D eigenvalue weighted by molar-refractivity contribution is 5.83. The van der Waals surface area contributed by atoms with Gasteiger partial charge < -0.3 is 9.47 Å². The van der Waals surface area contributed by atoms with E-state index in [1.165, 1.54) is 16.8 Å². The number of benzene rings is 5. The Labute approximate surface area is 289 Å². The van der Waals surface area contributed by atoms with Crippen molar-refractivity contribution in [2.45, 2.75) is 39.5 Å². The lowest BCUT2D eigenvalue weighted by Gasteiger charge is -2.29. The molecule has 0 aliphatic carbocycles. The number of hydrogen-bond donors (Lipinski definition) is 0. The SMILES string of the molecule is CC(C)c1cccc(C(C)C)c1-n1cnc(-c2cccc(N(c3ccccc3)c3cccc(N(c4ccccc4)c4ccccn4)c3)c2)c1. The first-order valence-electron chi connectivity index (χ1n) is 17.0. The zero-order valence-corrected chi connectivity index (χ0v) is 28.5. The second kappa shape index (κ2) is 14.0. The van der Waals surface area contributed by atoms with Gasteiger partial charge in [0.2, 0.25) is 0 Å². The minimum atomic E-state index is 0.397. The number of nitrogens with zero attached hydrogens (tertiary/aromatic N) is 5. The standard InChI is InChI=1S/C44H41N5/c1-32(2)40-24-15-25-41(33(3)4)44(40)47-30-42(46-31-47)34-16-13-21-37(28-34)48(35-17-7-5-8-18-35)38-22-14-23-39(29-38)49(36-19-9-6-10-20-36)43-26-11-12-27-45-43/h5-33H,1-4H3. The first-order chi connectivity index (χ1) is 24.0. The summed E-state index contributed by atoms with van der Waals surface area (Å²) in [6, 6.07) is 50.9. The number of para-hydroxylation sites is 3. The number of aromatic nitrogens is 3. The van der Waals surface area contributed by atoms with Gasteiger partial charge in [-0.05, 0) is 89.7 Å². The van der Waals surface area contributed by atoms with E-state index < -0.39 is 0 Å². The number of anilines is 6. The summed E-state index contributed by atoms with van der Waals surface area (Å²) in [7, 11) is 0. The van der Waals surface area contributed by atoms with Crippen molar-refractivity contribution in [1.29, 1.82) is 0 Å². The molecule has 7 aromatic rings. The predicted molar refractivity (Wildman–Crippen MR) is 204 cm³/mol. The Morgan fingerprint density at radius 2 is 1.02 bits per heavy atom. The number of pyridine rings is 1. The van der Waals surface area contributed by atoms with Gasteiger partial charge in [0, 0.05) is 46.4 Å². The van der Waals surface area contributed by atoms with Crippen LogP contribution in [0.25, 0.3) is 16.9 Å². The summed E-state index contributed by atoms with van der Waals surface area (Å²) in [5, 5.41) is 0. The second-order valence-electron chi connectivity index (χ2n) is 12.9. The third-order valence-corrected chi connectivity index (χ3v) is 8.84. The second-order valence-corrected chi connectivity index (χ2v) is 12.9. The van der Waals surface area contributed by atoms with E-state index in [1.807, 2.05) is 36.8 Å². The molecular formula is C44H41N5. The molecule has 5 aromatic carbocycles. The van der Waals surface area contributed by atoms with Crippen molar-refractivity contribution in [3.8, 4) is 16.9 Å². The summed E-state index contributed by atoms with van der Waals surface area (Å²) in [5.41, 5.74) is 11.1. The van der Waals surface area contributed by atoms with E-state index in [1.54, 1.807) is 0 Å². The fraction of sp³-hybridized carbons (Fsp3) is 0.136. The summed E-state index contributed by atoms with van der Waals surface area (Å²) in [6.07, 6.45) is 5.97. The maximum atomic E-state index is 4.94. The van der Waals surface area contributed by atoms with Gasteiger partial charge in [-0.15, -0.1) is 0 Å². The predicted octanol–water partition coefficient (Wildman–Crippen LogP) is 12.1. The fourth-order valence-corrected chi connectivity index (χ4v) is 6.48. The monoisotopic (exact) mass is 639 g/mol. The third kappa shape index (κ3) is 6.61. The molecule has 2 heterocycles. The van der Waals surface area contributed by atoms with Crippen molar-refractivity contribution < 1.29 is 0 Å². The van der Waals surface area contributed by atoms with Gasteiger partial charge >= 0.3 is 0 Å². The molecule has 7 rings (SSSR count). The Morgan fingerprint density at radius 1 is 0.490 bits per heavy atom. The molecule has 0 aliphatic rings. The van der Waals surface area contributed by atoms with E-state index >= 15 is 0 Å². The number of imidazole rings is 1. The van der Waals surface area contributed by atoms with Crippen LogP contribution >= 0.6 is 0 Å². The van der Waals surface area contributed by atoms with Crippen LogP contribution in [0.3, 0.4) is 0 Å². The Kier molecular flexibility index (Phi) is 9.07. The van der Waals surface area contributed by atoms with Gasteiger partial charge in [-0.25, -0.2) is 9.97 Å². The van der Waals surface area contributed by atoms with Crippen LogP contribution in [-0.2, 0) is 0 Å². The van der Waals surface area contributed by atoms with E-state index in [-0.39, 0.29) is 0 Å². The molecule has 5 heteroatoms. The van der Waals surface area contributed by atoms with Crippen molar-refractivity contribution >= 4 is 34.3 Å². The van der Waals surface area contributed by atoms with Crippen molar-refractivity contribution in [1.82, 2.24) is 14.5 Å². The van der Waals surface area contributed by atoms with Crippen molar-refractivity contribution in [2.24, 2.45) is 0 Å². The van der Waals surface area contributed by atoms with Crippen LogP contribution in [0.2, 0.25) is 0 Å². The van der Waals surface area contributed by atoms with Crippen LogP contribution in [0.1, 0.15) is 50.7 Å². The van der Waals surface area contributed by atoms with Crippen LogP contribution in [0.15, 0.2) is 164 Å². The molecule has 0 bridgehead atoms. The van der Waals surface area contributed by atoms with E-state index in [0.717, 1.165) is 45.5 Å². The average Bonchev–Trinajstić information content (AvgIpc) is 3.64. The molecule has 0 saturated heterocycles. The smallest absolute Gasteiger partial charge is 0.137 e. The minimum Gasteiger partial charge on any atom is -0.310 e. The summed E-state index contributed by atoms with van der Waals surface area (Å²) >= 11 is 0. The zero-order valence-electron chi connectivity index (χ0n) is 28.5. The highest BCUT2D eigenvalue weighted by Crippen LogP contribution is 2.41. The van der Waals surface area contributed by atoms with E-state index in [9.17, 15) is 0 Å². The first kappa shape index (κ1) is 31.6. The summed E-state index contributed by atoms with van der Waals surface area (Å²) < 4.78 is 2.21. The molecule has 5 nitrogen and oxygen atoms in total. The van der Waals surface area contributed by atoms with E-state index in [0.29, 0.717) is 11.8 Å². The lowest BCUT2D eigenvalue weighted by Crippen LogP contribution is -2.13. The van der Waals surface area contributed by atoms with Crippen LogP contribution in [-0.4, -0.2) is 14.5 Å². The summed E-state index contributed by atoms with van der Waals surface area (Å²) in [5.74, 6) is 1.65. The van der Waals surface area contributed by atoms with Gasteiger partial charge in [-0.2, -0.15) is 0 Å². The zero-order chi connectivity index (χ0) is 33.7. The fourth-order valence-electron chi connectivity index (χ4n) is 6.48. The number of hydrogen-bond acceptors (Lipinski definition) is 4. The summed E-state index contributed by atoms with van der Waals surface area (Å²) in [4.78, 5) is 14.2. The van der Waals surface area contributed by atoms with E-state index in [4.69, 9.17) is 9.97 Å². The lowest BCUT2D eigenvalue weighted by atomic mass is 9.92. The number of rotatable bonds is 10. The summed E-state index contributed by atoms with van der Waals surface area (Å²) in [6.45, 7) is 9.03. The maximum absolute atomic E-state index is 4.94. The Bertz CT molecular complexity index is 2070. The first-order valence-corrected chi connectivity index (χ1v) is 17.0. The quantitative estimate of drug-likeness (QED) is 0.149. The Hall–Kier alpha value is -5.94. The highest BCUT2D eigenvalue weighted by atomic mass is 15.2. The normalized spacial score (nSPS) is 11.2. The molecule has 49 heavy (non-hydrogen) atoms. The molecule has 0 fully saturated rings. The van der Waals surface area contributed by atoms with Crippen LogP contribution < -0.4 is 9.80 Å². The highest BCUT2D eigenvalue weighted by Gasteiger charge is 2.19. The largest absolute Gasteiger partial charge is 0.310 e. The molecule has 0 unspecified atom stereocenters. The molecule has 0 aliphatic heterocycles. The maximum Gasteiger partial charge on any atom is 0.137 e. The minimum absolute atomic E-state index is 0.397. The van der Waals surface area contributed by atoms with Gasteiger partial charge in [0.25, 0.3) is 0 Å². The van der Waals surface area contributed by atoms with Crippen LogP contribution in [0.5, 0.6) is 0 Å². The van der Waals surface area contributed by atoms with E-state index in [2.05, 4.69) is 170 Å².